The highest BCUT2D eigenvalue weighted by molar-refractivity contribution is 6.00. The molecule has 6 nitrogen and oxygen atoms in total. The first-order chi connectivity index (χ1) is 14.3. The number of anilines is 1. The minimum atomic E-state index is -0.715. The molecule has 30 heavy (non-hydrogen) atoms. The Morgan fingerprint density at radius 2 is 1.63 bits per heavy atom. The number of aryl methyl sites for hydroxylation is 2. The van der Waals surface area contributed by atoms with Gasteiger partial charge in [0, 0.05) is 11.3 Å². The second-order valence-corrected chi connectivity index (χ2v) is 7.75. The Hall–Kier alpha value is -3.15. The number of hydrogen-bond donors (Lipinski definition) is 3. The third-order valence-corrected chi connectivity index (χ3v) is 4.81. The van der Waals surface area contributed by atoms with E-state index in [-0.39, 0.29) is 30.2 Å². The van der Waals surface area contributed by atoms with Gasteiger partial charge >= 0.3 is 0 Å². The van der Waals surface area contributed by atoms with Crippen molar-refractivity contribution in [1.29, 1.82) is 0 Å². The van der Waals surface area contributed by atoms with Gasteiger partial charge in [0.2, 0.25) is 11.8 Å². The van der Waals surface area contributed by atoms with Crippen LogP contribution in [0.15, 0.2) is 48.5 Å². The average Bonchev–Trinajstić information content (AvgIpc) is 2.71. The van der Waals surface area contributed by atoms with Crippen LogP contribution in [-0.4, -0.2) is 30.3 Å². The number of para-hydroxylation sites is 1. The lowest BCUT2D eigenvalue weighted by Gasteiger charge is -2.20. The molecule has 0 aliphatic carbocycles. The molecule has 0 aliphatic heterocycles. The van der Waals surface area contributed by atoms with Gasteiger partial charge in [-0.2, -0.15) is 0 Å². The van der Waals surface area contributed by atoms with Crippen molar-refractivity contribution in [1.82, 2.24) is 10.6 Å². The molecule has 2 rings (SSSR count). The van der Waals surface area contributed by atoms with Crippen molar-refractivity contribution in [2.45, 2.75) is 46.6 Å². The fraction of sp³-hybridized carbons (Fsp3) is 0.375. The van der Waals surface area contributed by atoms with Gasteiger partial charge in [0.25, 0.3) is 5.91 Å². The summed E-state index contributed by atoms with van der Waals surface area (Å²) in [5.41, 5.74) is 3.15. The summed E-state index contributed by atoms with van der Waals surface area (Å²) in [6.45, 7) is 7.67. The van der Waals surface area contributed by atoms with Gasteiger partial charge in [-0.05, 0) is 48.9 Å². The third-order valence-electron chi connectivity index (χ3n) is 4.81. The highest BCUT2D eigenvalue weighted by Crippen LogP contribution is 2.15. The predicted molar refractivity (Wildman–Crippen MR) is 119 cm³/mol. The van der Waals surface area contributed by atoms with E-state index in [1.54, 1.807) is 12.1 Å². The number of rotatable bonds is 9. The van der Waals surface area contributed by atoms with Crippen molar-refractivity contribution in [3.8, 4) is 0 Å². The van der Waals surface area contributed by atoms with Crippen molar-refractivity contribution in [2.24, 2.45) is 5.92 Å². The monoisotopic (exact) mass is 409 g/mol. The average molecular weight is 410 g/mol. The van der Waals surface area contributed by atoms with Gasteiger partial charge in [0.05, 0.1) is 6.54 Å². The summed E-state index contributed by atoms with van der Waals surface area (Å²) in [4.78, 5) is 37.7. The number of nitrogens with one attached hydrogen (secondary N) is 3. The van der Waals surface area contributed by atoms with Crippen molar-refractivity contribution in [2.75, 3.05) is 11.9 Å². The molecule has 1 unspecified atom stereocenters. The van der Waals surface area contributed by atoms with Gasteiger partial charge in [-0.1, -0.05) is 57.2 Å². The van der Waals surface area contributed by atoms with E-state index in [1.165, 1.54) is 0 Å². The zero-order valence-electron chi connectivity index (χ0n) is 18.1. The summed E-state index contributed by atoms with van der Waals surface area (Å²) in [5, 5.41) is 8.30. The summed E-state index contributed by atoms with van der Waals surface area (Å²) in [6, 6.07) is 14.1. The van der Waals surface area contributed by atoms with Crippen LogP contribution in [0.3, 0.4) is 0 Å². The van der Waals surface area contributed by atoms with E-state index in [2.05, 4.69) is 16.0 Å². The maximum absolute atomic E-state index is 12.7. The molecule has 0 saturated heterocycles. The topological polar surface area (TPSA) is 87.3 Å². The quantitative estimate of drug-likeness (QED) is 0.593. The van der Waals surface area contributed by atoms with Crippen molar-refractivity contribution in [3.05, 3.63) is 65.2 Å². The summed E-state index contributed by atoms with van der Waals surface area (Å²) in [5.74, 6) is -0.777. The first kappa shape index (κ1) is 23.1. The van der Waals surface area contributed by atoms with E-state index >= 15 is 0 Å². The number of carbonyl (C=O) groups excluding carboxylic acids is 3. The first-order valence-corrected chi connectivity index (χ1v) is 10.3. The van der Waals surface area contributed by atoms with Crippen molar-refractivity contribution >= 4 is 23.4 Å². The molecule has 0 aliphatic rings. The van der Waals surface area contributed by atoms with E-state index in [9.17, 15) is 14.4 Å². The Labute approximate surface area is 178 Å². The molecule has 0 aromatic heterocycles. The number of carbonyl (C=O) groups is 3. The van der Waals surface area contributed by atoms with Crippen LogP contribution in [0.1, 0.15) is 48.7 Å². The number of benzene rings is 2. The lowest BCUT2D eigenvalue weighted by Crippen LogP contribution is -2.49. The molecular formula is C24H31N3O3. The van der Waals surface area contributed by atoms with Gasteiger partial charge in [-0.25, -0.2) is 0 Å². The third kappa shape index (κ3) is 6.72. The molecule has 0 saturated carbocycles. The number of amides is 3. The molecular weight excluding hydrogens is 378 g/mol. The van der Waals surface area contributed by atoms with Crippen LogP contribution in [0, 0.1) is 12.8 Å². The van der Waals surface area contributed by atoms with E-state index in [0.29, 0.717) is 12.0 Å². The molecule has 0 bridgehead atoms. The zero-order chi connectivity index (χ0) is 22.1. The molecule has 160 valence electrons. The van der Waals surface area contributed by atoms with Crippen molar-refractivity contribution in [3.63, 3.8) is 0 Å². The molecule has 2 aromatic carbocycles. The predicted octanol–water partition coefficient (Wildman–Crippen LogP) is 3.46. The van der Waals surface area contributed by atoms with E-state index in [0.717, 1.165) is 23.2 Å². The normalized spacial score (nSPS) is 11.6. The van der Waals surface area contributed by atoms with Crippen LogP contribution in [0.5, 0.6) is 0 Å². The Balaban J connectivity index is 1.98. The first-order valence-electron chi connectivity index (χ1n) is 10.3. The van der Waals surface area contributed by atoms with Crippen LogP contribution in [-0.2, 0) is 16.0 Å². The van der Waals surface area contributed by atoms with Crippen LogP contribution in [0.4, 0.5) is 5.69 Å². The molecule has 0 radical (unpaired) electrons. The summed E-state index contributed by atoms with van der Waals surface area (Å²) < 4.78 is 0. The smallest absolute Gasteiger partial charge is 0.252 e. The molecule has 2 aromatic rings. The fourth-order valence-electron chi connectivity index (χ4n) is 3.20. The second-order valence-electron chi connectivity index (χ2n) is 7.75. The van der Waals surface area contributed by atoms with Crippen LogP contribution < -0.4 is 16.0 Å². The molecule has 0 spiro atoms. The van der Waals surface area contributed by atoms with Crippen LogP contribution in [0.25, 0.3) is 0 Å². The van der Waals surface area contributed by atoms with Crippen LogP contribution >= 0.6 is 0 Å². The van der Waals surface area contributed by atoms with E-state index in [4.69, 9.17) is 0 Å². The van der Waals surface area contributed by atoms with Gasteiger partial charge in [0.1, 0.15) is 6.04 Å². The Morgan fingerprint density at radius 3 is 2.30 bits per heavy atom. The summed E-state index contributed by atoms with van der Waals surface area (Å²) in [7, 11) is 0. The lowest BCUT2D eigenvalue weighted by atomic mass is 10.0. The molecule has 0 heterocycles. The summed E-state index contributed by atoms with van der Waals surface area (Å²) in [6.07, 6.45) is 1.27. The number of hydrogen-bond acceptors (Lipinski definition) is 3. The molecule has 3 amide bonds. The molecule has 6 heteroatoms. The van der Waals surface area contributed by atoms with Gasteiger partial charge < -0.3 is 16.0 Å². The SMILES string of the molecule is CCc1ccccc1NC(=O)CNC(=O)C(CC(C)C)NC(=O)c1ccccc1C. The van der Waals surface area contributed by atoms with Crippen LogP contribution in [0.2, 0.25) is 0 Å². The fourth-order valence-corrected chi connectivity index (χ4v) is 3.20. The zero-order valence-corrected chi connectivity index (χ0v) is 18.1. The van der Waals surface area contributed by atoms with E-state index < -0.39 is 6.04 Å². The summed E-state index contributed by atoms with van der Waals surface area (Å²) >= 11 is 0. The minimum absolute atomic E-state index is 0.161. The van der Waals surface area contributed by atoms with Gasteiger partial charge in [0.15, 0.2) is 0 Å². The minimum Gasteiger partial charge on any atom is -0.345 e. The molecule has 1 atom stereocenters. The van der Waals surface area contributed by atoms with E-state index in [1.807, 2.05) is 64.1 Å². The lowest BCUT2D eigenvalue weighted by molar-refractivity contribution is -0.125. The largest absolute Gasteiger partial charge is 0.345 e. The van der Waals surface area contributed by atoms with Gasteiger partial charge in [-0.3, -0.25) is 14.4 Å². The maximum Gasteiger partial charge on any atom is 0.252 e. The highest BCUT2D eigenvalue weighted by atomic mass is 16.2. The molecule has 3 N–H and O–H groups in total. The maximum atomic E-state index is 12.7. The van der Waals surface area contributed by atoms with Gasteiger partial charge in [-0.15, -0.1) is 0 Å². The highest BCUT2D eigenvalue weighted by Gasteiger charge is 2.23. The standard InChI is InChI=1S/C24H31N3O3/c1-5-18-11-7-9-13-20(18)26-22(28)15-25-24(30)21(14-16(2)3)27-23(29)19-12-8-6-10-17(19)4/h6-13,16,21H,5,14-15H2,1-4H3,(H,25,30)(H,26,28)(H,27,29). The van der Waals surface area contributed by atoms with Crippen molar-refractivity contribution < 1.29 is 14.4 Å². The second kappa shape index (κ2) is 11.1. The Kier molecular flexibility index (Phi) is 8.59. The Bertz CT molecular complexity index is 893. The Morgan fingerprint density at radius 1 is 0.967 bits per heavy atom. The molecule has 0 fully saturated rings.